The maximum absolute atomic E-state index is 12.8. The lowest BCUT2D eigenvalue weighted by Gasteiger charge is -2.24. The molecule has 1 aromatic rings. The highest BCUT2D eigenvalue weighted by Crippen LogP contribution is 2.32. The maximum Gasteiger partial charge on any atom is 0.325 e. The highest BCUT2D eigenvalue weighted by Gasteiger charge is 2.50. The Bertz CT molecular complexity index is 672. The molecule has 27 heavy (non-hydrogen) atoms. The van der Waals surface area contributed by atoms with Crippen LogP contribution in [0, 0.1) is 0 Å². The second kappa shape index (κ2) is 9.26. The van der Waals surface area contributed by atoms with Crippen LogP contribution in [0.3, 0.4) is 0 Å². The van der Waals surface area contributed by atoms with Crippen molar-refractivity contribution < 1.29 is 14.4 Å². The molecule has 4 amide bonds. The number of benzene rings is 1. The fraction of sp³-hybridized carbons (Fsp3) is 0.550. The van der Waals surface area contributed by atoms with E-state index in [-0.39, 0.29) is 18.4 Å². The first-order valence-electron chi connectivity index (χ1n) is 9.69. The van der Waals surface area contributed by atoms with Crippen LogP contribution in [0.2, 0.25) is 0 Å². The summed E-state index contributed by atoms with van der Waals surface area (Å²) in [5, 5.41) is 5.68. The molecule has 1 aliphatic heterocycles. The molecule has 7 heteroatoms. The highest BCUT2D eigenvalue weighted by atomic mass is 32.2. The summed E-state index contributed by atoms with van der Waals surface area (Å²) in [6.45, 7) is 0.339. The van der Waals surface area contributed by atoms with Gasteiger partial charge < -0.3 is 10.6 Å². The van der Waals surface area contributed by atoms with Crippen molar-refractivity contribution in [3.63, 3.8) is 0 Å². The number of carbonyl (C=O) groups is 3. The monoisotopic (exact) mass is 389 g/mol. The molecule has 146 valence electrons. The van der Waals surface area contributed by atoms with Gasteiger partial charge in [0.05, 0.1) is 0 Å². The number of hydrogen-bond acceptors (Lipinski definition) is 4. The van der Waals surface area contributed by atoms with Gasteiger partial charge in [-0.05, 0) is 37.1 Å². The lowest BCUT2D eigenvalue weighted by atomic mass is 9.90. The van der Waals surface area contributed by atoms with Crippen LogP contribution in [0.1, 0.15) is 44.9 Å². The molecule has 1 saturated carbocycles. The van der Waals surface area contributed by atoms with Gasteiger partial charge in [-0.15, -0.1) is 11.8 Å². The molecule has 0 unspecified atom stereocenters. The van der Waals surface area contributed by atoms with E-state index in [4.69, 9.17) is 0 Å². The number of carbonyl (C=O) groups excluding carboxylic acids is 3. The molecule has 6 nitrogen and oxygen atoms in total. The van der Waals surface area contributed by atoms with E-state index in [1.807, 2.05) is 18.2 Å². The predicted molar refractivity (Wildman–Crippen MR) is 105 cm³/mol. The number of urea groups is 1. The van der Waals surface area contributed by atoms with Crippen molar-refractivity contribution in [1.29, 1.82) is 0 Å². The van der Waals surface area contributed by atoms with Crippen LogP contribution in [-0.4, -0.2) is 47.1 Å². The molecule has 2 fully saturated rings. The molecular formula is C20H27N3O3S. The number of hydrogen-bond donors (Lipinski definition) is 2. The minimum absolute atomic E-state index is 0.196. The zero-order chi connectivity index (χ0) is 19.1. The van der Waals surface area contributed by atoms with E-state index in [1.165, 1.54) is 4.90 Å². The normalized spacial score (nSPS) is 19.0. The Kier molecular flexibility index (Phi) is 6.77. The topological polar surface area (TPSA) is 78.5 Å². The molecule has 1 aromatic carbocycles. The van der Waals surface area contributed by atoms with Crippen molar-refractivity contribution in [2.24, 2.45) is 0 Å². The molecule has 0 atom stereocenters. The second-order valence-electron chi connectivity index (χ2n) is 7.18. The Morgan fingerprint density at radius 2 is 1.81 bits per heavy atom. The van der Waals surface area contributed by atoms with Crippen LogP contribution in [0.5, 0.6) is 0 Å². The number of nitrogens with one attached hydrogen (secondary N) is 2. The largest absolute Gasteiger partial charge is 0.355 e. The van der Waals surface area contributed by atoms with Gasteiger partial charge in [0.1, 0.15) is 12.1 Å². The Hall–Kier alpha value is -2.02. The Balaban J connectivity index is 1.41. The van der Waals surface area contributed by atoms with Crippen LogP contribution in [0.25, 0.3) is 0 Å². The first kappa shape index (κ1) is 19.7. The molecule has 1 heterocycles. The van der Waals surface area contributed by atoms with E-state index in [9.17, 15) is 14.4 Å². The third-order valence-electron chi connectivity index (χ3n) is 5.16. The van der Waals surface area contributed by atoms with E-state index in [0.29, 0.717) is 19.4 Å². The third kappa shape index (κ3) is 5.03. The van der Waals surface area contributed by atoms with Gasteiger partial charge in [0.15, 0.2) is 0 Å². The molecule has 0 aromatic heterocycles. The maximum atomic E-state index is 12.8. The van der Waals surface area contributed by atoms with Crippen LogP contribution < -0.4 is 10.6 Å². The lowest BCUT2D eigenvalue weighted by Crippen LogP contribution is -2.47. The number of nitrogens with zero attached hydrogens (tertiary/aromatic N) is 1. The third-order valence-corrected chi connectivity index (χ3v) is 6.26. The minimum atomic E-state index is -0.778. The van der Waals surface area contributed by atoms with Gasteiger partial charge in [-0.25, -0.2) is 4.79 Å². The van der Waals surface area contributed by atoms with Gasteiger partial charge in [-0.1, -0.05) is 43.9 Å². The van der Waals surface area contributed by atoms with Gasteiger partial charge in [0.2, 0.25) is 5.91 Å². The summed E-state index contributed by atoms with van der Waals surface area (Å²) >= 11 is 1.74. The van der Waals surface area contributed by atoms with Crippen LogP contribution >= 0.6 is 11.8 Å². The van der Waals surface area contributed by atoms with E-state index < -0.39 is 11.6 Å². The average molecular weight is 390 g/mol. The predicted octanol–water partition coefficient (Wildman–Crippen LogP) is 2.93. The summed E-state index contributed by atoms with van der Waals surface area (Å²) in [6, 6.07) is 9.68. The number of thioether (sulfide) groups is 1. The van der Waals surface area contributed by atoms with E-state index in [0.717, 1.165) is 42.8 Å². The van der Waals surface area contributed by atoms with Crippen molar-refractivity contribution >= 4 is 29.6 Å². The first-order valence-corrected chi connectivity index (χ1v) is 10.7. The summed E-state index contributed by atoms with van der Waals surface area (Å²) in [6.07, 6.45) is 6.23. The van der Waals surface area contributed by atoms with Crippen molar-refractivity contribution in [3.05, 3.63) is 30.3 Å². The quantitative estimate of drug-likeness (QED) is 0.427. The van der Waals surface area contributed by atoms with E-state index in [2.05, 4.69) is 22.8 Å². The molecule has 1 saturated heterocycles. The van der Waals surface area contributed by atoms with Crippen LogP contribution in [0.4, 0.5) is 4.79 Å². The highest BCUT2D eigenvalue weighted by molar-refractivity contribution is 7.99. The summed E-state index contributed by atoms with van der Waals surface area (Å²) in [5.74, 6) is 0.384. The molecular weight excluding hydrogens is 362 g/mol. The fourth-order valence-corrected chi connectivity index (χ4v) is 4.57. The number of rotatable bonds is 7. The molecule has 2 N–H and O–H groups in total. The summed E-state index contributed by atoms with van der Waals surface area (Å²) in [5.41, 5.74) is -0.778. The van der Waals surface area contributed by atoms with Gasteiger partial charge >= 0.3 is 6.03 Å². The zero-order valence-electron chi connectivity index (χ0n) is 15.5. The summed E-state index contributed by atoms with van der Waals surface area (Å²) in [4.78, 5) is 39.5. The van der Waals surface area contributed by atoms with Gasteiger partial charge in [-0.2, -0.15) is 0 Å². The van der Waals surface area contributed by atoms with E-state index >= 15 is 0 Å². The standard InChI is InChI=1S/C20H27N3O3S/c24-17(21-13-8-14-27-16-9-4-3-5-10-16)15-23-18(25)20(22-19(23)26)11-6-1-2-7-12-20/h3-5,9-10H,1-2,6-8,11-15H2,(H,21,24)(H,22,26). The smallest absolute Gasteiger partial charge is 0.325 e. The molecule has 1 aliphatic carbocycles. The number of imide groups is 1. The van der Waals surface area contributed by atoms with Crippen molar-refractivity contribution in [3.8, 4) is 0 Å². The van der Waals surface area contributed by atoms with Gasteiger partial charge in [-0.3, -0.25) is 14.5 Å². The Labute approximate surface area is 164 Å². The Morgan fingerprint density at radius 3 is 2.52 bits per heavy atom. The summed E-state index contributed by atoms with van der Waals surface area (Å²) < 4.78 is 0. The molecule has 0 radical (unpaired) electrons. The summed E-state index contributed by atoms with van der Waals surface area (Å²) in [7, 11) is 0. The lowest BCUT2D eigenvalue weighted by molar-refractivity contribution is -0.135. The number of amides is 4. The molecule has 0 bridgehead atoms. The van der Waals surface area contributed by atoms with Crippen molar-refractivity contribution in [2.75, 3.05) is 18.8 Å². The molecule has 1 spiro atoms. The fourth-order valence-electron chi connectivity index (χ4n) is 3.70. The second-order valence-corrected chi connectivity index (χ2v) is 8.35. The zero-order valence-corrected chi connectivity index (χ0v) is 16.4. The van der Waals surface area contributed by atoms with Gasteiger partial charge in [0, 0.05) is 11.4 Å². The van der Waals surface area contributed by atoms with Crippen LogP contribution in [0.15, 0.2) is 35.2 Å². The van der Waals surface area contributed by atoms with Crippen molar-refractivity contribution in [2.45, 2.75) is 55.4 Å². The molecule has 2 aliphatic rings. The SMILES string of the molecule is O=C(CN1C(=O)NC2(CCCCCC2)C1=O)NCCCSc1ccccc1. The van der Waals surface area contributed by atoms with Gasteiger partial charge in [0.25, 0.3) is 5.91 Å². The van der Waals surface area contributed by atoms with E-state index in [1.54, 1.807) is 11.8 Å². The Morgan fingerprint density at radius 1 is 1.11 bits per heavy atom. The minimum Gasteiger partial charge on any atom is -0.355 e. The first-order chi connectivity index (χ1) is 13.1. The average Bonchev–Trinajstić information content (AvgIpc) is 2.84. The van der Waals surface area contributed by atoms with Crippen molar-refractivity contribution in [1.82, 2.24) is 15.5 Å². The molecule has 3 rings (SSSR count). The van der Waals surface area contributed by atoms with Crippen LogP contribution in [-0.2, 0) is 9.59 Å².